The van der Waals surface area contributed by atoms with Gasteiger partial charge in [0, 0.05) is 6.92 Å². The van der Waals surface area contributed by atoms with Crippen molar-refractivity contribution in [2.24, 2.45) is 20.5 Å². The summed E-state index contributed by atoms with van der Waals surface area (Å²) in [5, 5.41) is 19.7. The molecule has 0 atom stereocenters. The Balaban J connectivity index is 1.88. The van der Waals surface area contributed by atoms with Crippen molar-refractivity contribution in [1.82, 2.24) is 0 Å². The van der Waals surface area contributed by atoms with Crippen LogP contribution in [-0.2, 0) is 4.79 Å². The highest BCUT2D eigenvalue weighted by Gasteiger charge is 2.04. The molecule has 0 unspecified atom stereocenters. The monoisotopic (exact) mass is 358 g/mol. The largest absolute Gasteiger partial charge is 0.397 e. The molecule has 1 amide bonds. The standard InChI is InChI=1S/C20H18N6O/c1-14(27)22-17-10-4-5-11-18(17)24-26-20-13-7-6-12-19(20)25-23-16-9-3-2-8-15(16)21/h2-13H,21H2,1H3,(H,22,27). The number of anilines is 2. The topological polar surface area (TPSA) is 105 Å². The van der Waals surface area contributed by atoms with Crippen LogP contribution in [0.5, 0.6) is 0 Å². The number of rotatable bonds is 5. The molecule has 27 heavy (non-hydrogen) atoms. The Morgan fingerprint density at radius 1 is 0.704 bits per heavy atom. The number of amides is 1. The number of nitrogens with one attached hydrogen (secondary N) is 1. The highest BCUT2D eigenvalue weighted by Crippen LogP contribution is 2.33. The van der Waals surface area contributed by atoms with E-state index in [0.717, 1.165) is 0 Å². The first kappa shape index (κ1) is 17.9. The predicted molar refractivity (Wildman–Crippen MR) is 106 cm³/mol. The van der Waals surface area contributed by atoms with E-state index in [4.69, 9.17) is 5.73 Å². The Kier molecular flexibility index (Phi) is 5.64. The van der Waals surface area contributed by atoms with Gasteiger partial charge in [0.15, 0.2) is 0 Å². The van der Waals surface area contributed by atoms with Gasteiger partial charge < -0.3 is 11.1 Å². The van der Waals surface area contributed by atoms with Gasteiger partial charge in [-0.05, 0) is 36.4 Å². The van der Waals surface area contributed by atoms with Gasteiger partial charge in [-0.3, -0.25) is 4.79 Å². The number of para-hydroxylation sites is 2. The maximum Gasteiger partial charge on any atom is 0.221 e. The number of nitrogens with zero attached hydrogens (tertiary/aromatic N) is 4. The molecule has 0 radical (unpaired) electrons. The summed E-state index contributed by atoms with van der Waals surface area (Å²) >= 11 is 0. The molecule has 3 aromatic rings. The fraction of sp³-hybridized carbons (Fsp3) is 0.0500. The summed E-state index contributed by atoms with van der Waals surface area (Å²) in [4.78, 5) is 11.3. The van der Waals surface area contributed by atoms with Crippen LogP contribution in [-0.4, -0.2) is 5.91 Å². The van der Waals surface area contributed by atoms with Crippen LogP contribution < -0.4 is 11.1 Å². The normalized spacial score (nSPS) is 11.1. The first-order valence-electron chi connectivity index (χ1n) is 8.27. The van der Waals surface area contributed by atoms with Crippen molar-refractivity contribution in [3.8, 4) is 0 Å². The van der Waals surface area contributed by atoms with E-state index >= 15 is 0 Å². The van der Waals surface area contributed by atoms with E-state index < -0.39 is 0 Å². The van der Waals surface area contributed by atoms with Crippen molar-refractivity contribution in [1.29, 1.82) is 0 Å². The summed E-state index contributed by atoms with van der Waals surface area (Å²) in [6.45, 7) is 1.44. The average Bonchev–Trinajstić information content (AvgIpc) is 2.67. The number of nitrogen functional groups attached to an aromatic ring is 1. The van der Waals surface area contributed by atoms with Crippen molar-refractivity contribution >= 4 is 40.0 Å². The van der Waals surface area contributed by atoms with Gasteiger partial charge in [0.25, 0.3) is 0 Å². The van der Waals surface area contributed by atoms with Gasteiger partial charge in [-0.1, -0.05) is 36.4 Å². The first-order chi connectivity index (χ1) is 13.1. The van der Waals surface area contributed by atoms with Crippen LogP contribution in [0.25, 0.3) is 0 Å². The number of nitrogens with two attached hydrogens (primary N) is 1. The van der Waals surface area contributed by atoms with Gasteiger partial charge in [0.05, 0.1) is 11.4 Å². The molecule has 0 aliphatic carbocycles. The molecule has 0 heterocycles. The lowest BCUT2D eigenvalue weighted by Crippen LogP contribution is -2.05. The van der Waals surface area contributed by atoms with E-state index in [2.05, 4.69) is 25.8 Å². The third-order valence-corrected chi connectivity index (χ3v) is 3.56. The SMILES string of the molecule is CC(=O)Nc1ccccc1N=Nc1ccccc1N=Nc1ccccc1N. The van der Waals surface area contributed by atoms with Crippen molar-refractivity contribution in [3.63, 3.8) is 0 Å². The molecule has 0 fully saturated rings. The summed E-state index contributed by atoms with van der Waals surface area (Å²) in [6.07, 6.45) is 0. The smallest absolute Gasteiger partial charge is 0.221 e. The molecule has 7 heteroatoms. The molecule has 3 aromatic carbocycles. The molecular weight excluding hydrogens is 340 g/mol. The van der Waals surface area contributed by atoms with E-state index in [0.29, 0.717) is 34.1 Å². The molecular formula is C20H18N6O. The Labute approximate surface area is 156 Å². The molecule has 0 spiro atoms. The lowest BCUT2D eigenvalue weighted by atomic mass is 10.2. The van der Waals surface area contributed by atoms with Gasteiger partial charge in [0.1, 0.15) is 22.7 Å². The summed E-state index contributed by atoms with van der Waals surface area (Å²) in [5.41, 5.74) is 9.26. The molecule has 7 nitrogen and oxygen atoms in total. The van der Waals surface area contributed by atoms with Crippen molar-refractivity contribution in [3.05, 3.63) is 72.8 Å². The lowest BCUT2D eigenvalue weighted by Gasteiger charge is -2.04. The molecule has 0 aliphatic rings. The lowest BCUT2D eigenvalue weighted by molar-refractivity contribution is -0.114. The molecule has 0 aliphatic heterocycles. The summed E-state index contributed by atoms with van der Waals surface area (Å²) < 4.78 is 0. The predicted octanol–water partition coefficient (Wildman–Crippen LogP) is 6.06. The Morgan fingerprint density at radius 3 is 1.74 bits per heavy atom. The summed E-state index contributed by atoms with van der Waals surface area (Å²) in [6, 6.07) is 21.6. The highest BCUT2D eigenvalue weighted by atomic mass is 16.1. The van der Waals surface area contributed by atoms with Crippen molar-refractivity contribution in [2.75, 3.05) is 11.1 Å². The highest BCUT2D eigenvalue weighted by molar-refractivity contribution is 5.91. The number of azo groups is 2. The molecule has 0 bridgehead atoms. The second-order valence-corrected chi connectivity index (χ2v) is 5.65. The van der Waals surface area contributed by atoms with Gasteiger partial charge >= 0.3 is 0 Å². The number of hydrogen-bond donors (Lipinski definition) is 2. The fourth-order valence-corrected chi connectivity index (χ4v) is 2.28. The van der Waals surface area contributed by atoms with E-state index in [-0.39, 0.29) is 5.91 Å². The Morgan fingerprint density at radius 2 is 1.15 bits per heavy atom. The minimum absolute atomic E-state index is 0.174. The van der Waals surface area contributed by atoms with Crippen LogP contribution in [0.4, 0.5) is 34.1 Å². The molecule has 0 aromatic heterocycles. The van der Waals surface area contributed by atoms with E-state index in [1.165, 1.54) is 6.92 Å². The average molecular weight is 358 g/mol. The van der Waals surface area contributed by atoms with Gasteiger partial charge in [0.2, 0.25) is 5.91 Å². The first-order valence-corrected chi connectivity index (χ1v) is 8.27. The van der Waals surface area contributed by atoms with Gasteiger partial charge in [-0.2, -0.15) is 0 Å². The zero-order chi connectivity index (χ0) is 19.1. The van der Waals surface area contributed by atoms with Crippen LogP contribution in [0, 0.1) is 0 Å². The Bertz CT molecular complexity index is 1010. The van der Waals surface area contributed by atoms with Crippen LogP contribution in [0.3, 0.4) is 0 Å². The Hall–Kier alpha value is -3.87. The minimum atomic E-state index is -0.174. The van der Waals surface area contributed by atoms with E-state index in [1.54, 1.807) is 36.4 Å². The quantitative estimate of drug-likeness (QED) is 0.427. The van der Waals surface area contributed by atoms with Gasteiger partial charge in [-0.15, -0.1) is 20.5 Å². The zero-order valence-electron chi connectivity index (χ0n) is 14.7. The van der Waals surface area contributed by atoms with Crippen LogP contribution >= 0.6 is 0 Å². The van der Waals surface area contributed by atoms with E-state index in [9.17, 15) is 4.79 Å². The summed E-state index contributed by atoms with van der Waals surface area (Å²) in [5.74, 6) is -0.174. The van der Waals surface area contributed by atoms with E-state index in [1.807, 2.05) is 36.4 Å². The summed E-state index contributed by atoms with van der Waals surface area (Å²) in [7, 11) is 0. The molecule has 3 rings (SSSR count). The number of hydrogen-bond acceptors (Lipinski definition) is 6. The molecule has 3 N–H and O–H groups in total. The third kappa shape index (κ3) is 4.82. The van der Waals surface area contributed by atoms with Crippen LogP contribution in [0.1, 0.15) is 6.92 Å². The maximum absolute atomic E-state index is 11.3. The number of carbonyl (C=O) groups is 1. The van der Waals surface area contributed by atoms with Crippen molar-refractivity contribution < 1.29 is 4.79 Å². The molecule has 0 saturated carbocycles. The van der Waals surface area contributed by atoms with Gasteiger partial charge in [-0.25, -0.2) is 0 Å². The molecule has 0 saturated heterocycles. The van der Waals surface area contributed by atoms with Crippen molar-refractivity contribution in [2.45, 2.75) is 6.92 Å². The second kappa shape index (κ2) is 8.48. The fourth-order valence-electron chi connectivity index (χ4n) is 2.28. The minimum Gasteiger partial charge on any atom is -0.397 e. The number of benzene rings is 3. The number of carbonyl (C=O) groups excluding carboxylic acids is 1. The van der Waals surface area contributed by atoms with Crippen LogP contribution in [0.2, 0.25) is 0 Å². The third-order valence-electron chi connectivity index (χ3n) is 3.56. The zero-order valence-corrected chi connectivity index (χ0v) is 14.7. The molecule has 134 valence electrons. The maximum atomic E-state index is 11.3. The van der Waals surface area contributed by atoms with Crippen LogP contribution in [0.15, 0.2) is 93.3 Å². The second-order valence-electron chi connectivity index (χ2n) is 5.65.